The number of nitrogens with one attached hydrogen (secondary N) is 1. The second kappa shape index (κ2) is 5.24. The normalized spacial score (nSPS) is 13.2. The third-order valence-corrected chi connectivity index (χ3v) is 2.11. The molecule has 0 bridgehead atoms. The number of nitrogens with zero attached hydrogens (tertiary/aromatic N) is 2. The van der Waals surface area contributed by atoms with E-state index >= 15 is 0 Å². The summed E-state index contributed by atoms with van der Waals surface area (Å²) in [5, 5.41) is 6.09. The van der Waals surface area contributed by atoms with E-state index in [0.717, 1.165) is 11.8 Å². The second-order valence-corrected chi connectivity index (χ2v) is 2.84. The van der Waals surface area contributed by atoms with Gasteiger partial charge in [-0.05, 0) is 0 Å². The summed E-state index contributed by atoms with van der Waals surface area (Å²) >= 11 is 1.64. The molecule has 1 aromatic heterocycles. The number of hydrogen-bond acceptors (Lipinski definition) is 4. The lowest BCUT2D eigenvalue weighted by Crippen LogP contribution is -2.19. The monoisotopic (exact) mass is 225 g/mol. The first kappa shape index (κ1) is 11.6. The maximum atomic E-state index is 4.15. The number of hydrogen-bond donors (Lipinski definition) is 1. The Morgan fingerprint density at radius 2 is 2.33 bits per heavy atom. The zero-order valence-corrected chi connectivity index (χ0v) is 8.59. The molecule has 0 saturated carbocycles. The minimum absolute atomic E-state index is 0. The van der Waals surface area contributed by atoms with Crippen molar-refractivity contribution in [3.8, 4) is 0 Å². The van der Waals surface area contributed by atoms with E-state index in [-0.39, 0.29) is 24.8 Å². The van der Waals surface area contributed by atoms with Gasteiger partial charge in [0.25, 0.3) is 0 Å². The lowest BCUT2D eigenvalue weighted by atomic mass is 10.8. The van der Waals surface area contributed by atoms with Gasteiger partial charge in [0.15, 0.2) is 5.13 Å². The van der Waals surface area contributed by atoms with Crippen molar-refractivity contribution in [1.29, 1.82) is 0 Å². The minimum Gasteiger partial charge on any atom is -0.372 e. The van der Waals surface area contributed by atoms with Crippen LogP contribution in [-0.4, -0.2) is 11.7 Å². The standard InChI is InChI=1S/C6H7N3S.2ClH/c1-3-9(5-7-1)6-8-2-4-10-6;;/h1-4,7H,5H2;2*1H. The van der Waals surface area contributed by atoms with Crippen molar-refractivity contribution >= 4 is 41.3 Å². The molecular formula is C6H9Cl2N3S. The van der Waals surface area contributed by atoms with Gasteiger partial charge in [0.05, 0.1) is 6.67 Å². The number of aromatic nitrogens is 1. The molecule has 0 amide bonds. The molecule has 0 aliphatic carbocycles. The molecule has 1 aromatic rings. The van der Waals surface area contributed by atoms with E-state index in [1.165, 1.54) is 0 Å². The first-order valence-electron chi connectivity index (χ1n) is 3.03. The van der Waals surface area contributed by atoms with E-state index in [4.69, 9.17) is 0 Å². The third-order valence-electron chi connectivity index (χ3n) is 1.30. The Balaban J connectivity index is 0.000000605. The highest BCUT2D eigenvalue weighted by molar-refractivity contribution is 7.13. The number of rotatable bonds is 1. The number of anilines is 1. The van der Waals surface area contributed by atoms with Crippen LogP contribution in [0.4, 0.5) is 5.13 Å². The predicted molar refractivity (Wildman–Crippen MR) is 56.2 cm³/mol. The van der Waals surface area contributed by atoms with Crippen molar-refractivity contribution in [3.63, 3.8) is 0 Å². The van der Waals surface area contributed by atoms with Gasteiger partial charge in [-0.25, -0.2) is 4.98 Å². The highest BCUT2D eigenvalue weighted by atomic mass is 35.5. The smallest absolute Gasteiger partial charge is 0.190 e. The molecule has 0 spiro atoms. The zero-order valence-electron chi connectivity index (χ0n) is 6.14. The summed E-state index contributed by atoms with van der Waals surface area (Å²) in [6.45, 7) is 0.841. The van der Waals surface area contributed by atoms with E-state index < -0.39 is 0 Å². The van der Waals surface area contributed by atoms with Gasteiger partial charge < -0.3 is 10.2 Å². The first-order chi connectivity index (χ1) is 4.97. The molecule has 68 valence electrons. The van der Waals surface area contributed by atoms with Gasteiger partial charge in [-0.1, -0.05) is 0 Å². The van der Waals surface area contributed by atoms with Gasteiger partial charge in [0.2, 0.25) is 0 Å². The zero-order chi connectivity index (χ0) is 6.81. The Bertz CT molecular complexity index is 237. The molecule has 3 nitrogen and oxygen atoms in total. The average molecular weight is 226 g/mol. The fourth-order valence-electron chi connectivity index (χ4n) is 0.836. The Labute approximate surface area is 87.3 Å². The van der Waals surface area contributed by atoms with E-state index in [9.17, 15) is 0 Å². The summed E-state index contributed by atoms with van der Waals surface area (Å²) in [5.41, 5.74) is 0. The maximum Gasteiger partial charge on any atom is 0.190 e. The van der Waals surface area contributed by atoms with Gasteiger partial charge in [-0.3, -0.25) is 0 Å². The third kappa shape index (κ3) is 2.27. The SMILES string of the molecule is C1=CN(c2nccs2)CN1.Cl.Cl. The average Bonchev–Trinajstić information content (AvgIpc) is 2.59. The van der Waals surface area contributed by atoms with Crippen LogP contribution in [0.5, 0.6) is 0 Å². The summed E-state index contributed by atoms with van der Waals surface area (Å²) in [6.07, 6.45) is 5.71. The molecule has 1 aliphatic heterocycles. The van der Waals surface area contributed by atoms with Crippen LogP contribution in [0.1, 0.15) is 0 Å². The van der Waals surface area contributed by atoms with Crippen LogP contribution >= 0.6 is 36.2 Å². The van der Waals surface area contributed by atoms with Gasteiger partial charge in [-0.2, -0.15) is 0 Å². The molecule has 0 unspecified atom stereocenters. The van der Waals surface area contributed by atoms with Crippen LogP contribution in [0.15, 0.2) is 24.0 Å². The maximum absolute atomic E-state index is 4.15. The highest BCUT2D eigenvalue weighted by Crippen LogP contribution is 2.17. The lowest BCUT2D eigenvalue weighted by molar-refractivity contribution is 0.896. The Kier molecular flexibility index (Phi) is 5.04. The predicted octanol–water partition coefficient (Wildman–Crippen LogP) is 1.83. The van der Waals surface area contributed by atoms with E-state index in [1.807, 2.05) is 24.0 Å². The quantitative estimate of drug-likeness (QED) is 0.791. The number of halogens is 2. The van der Waals surface area contributed by atoms with Crippen molar-refractivity contribution in [2.75, 3.05) is 11.6 Å². The molecule has 2 rings (SSSR count). The summed E-state index contributed by atoms with van der Waals surface area (Å²) < 4.78 is 0. The summed E-state index contributed by atoms with van der Waals surface area (Å²) in [7, 11) is 0. The Morgan fingerprint density at radius 1 is 1.50 bits per heavy atom. The molecule has 1 N–H and O–H groups in total. The Hall–Kier alpha value is -0.450. The minimum atomic E-state index is 0. The van der Waals surface area contributed by atoms with E-state index in [1.54, 1.807) is 11.3 Å². The molecule has 6 heteroatoms. The van der Waals surface area contributed by atoms with E-state index in [2.05, 4.69) is 15.2 Å². The molecule has 0 fully saturated rings. The molecule has 0 saturated heterocycles. The van der Waals surface area contributed by atoms with Crippen molar-refractivity contribution < 1.29 is 0 Å². The van der Waals surface area contributed by atoms with Crippen molar-refractivity contribution in [1.82, 2.24) is 10.3 Å². The molecule has 1 aliphatic rings. The van der Waals surface area contributed by atoms with Crippen molar-refractivity contribution in [2.24, 2.45) is 0 Å². The van der Waals surface area contributed by atoms with Gasteiger partial charge >= 0.3 is 0 Å². The molecule has 2 heterocycles. The van der Waals surface area contributed by atoms with Gasteiger partial charge in [-0.15, -0.1) is 36.2 Å². The molecule has 0 aromatic carbocycles. The van der Waals surface area contributed by atoms with Crippen LogP contribution < -0.4 is 10.2 Å². The summed E-state index contributed by atoms with van der Waals surface area (Å²) in [5.74, 6) is 0. The fraction of sp³-hybridized carbons (Fsp3) is 0.167. The first-order valence-corrected chi connectivity index (χ1v) is 3.91. The van der Waals surface area contributed by atoms with Crippen molar-refractivity contribution in [2.45, 2.75) is 0 Å². The lowest BCUT2D eigenvalue weighted by Gasteiger charge is -2.08. The summed E-state index contributed by atoms with van der Waals surface area (Å²) in [4.78, 5) is 6.21. The van der Waals surface area contributed by atoms with Crippen LogP contribution in [-0.2, 0) is 0 Å². The molecule has 0 atom stereocenters. The topological polar surface area (TPSA) is 28.2 Å². The van der Waals surface area contributed by atoms with Crippen molar-refractivity contribution in [3.05, 3.63) is 24.0 Å². The van der Waals surface area contributed by atoms with Crippen LogP contribution in [0.3, 0.4) is 0 Å². The summed E-state index contributed by atoms with van der Waals surface area (Å²) in [6, 6.07) is 0. The van der Waals surface area contributed by atoms with Crippen LogP contribution in [0.25, 0.3) is 0 Å². The van der Waals surface area contributed by atoms with Crippen LogP contribution in [0, 0.1) is 0 Å². The second-order valence-electron chi connectivity index (χ2n) is 1.96. The fourth-order valence-corrected chi connectivity index (χ4v) is 1.46. The molecule has 0 radical (unpaired) electrons. The largest absolute Gasteiger partial charge is 0.372 e. The molecular weight excluding hydrogens is 217 g/mol. The van der Waals surface area contributed by atoms with E-state index in [0.29, 0.717) is 0 Å². The Morgan fingerprint density at radius 3 is 2.83 bits per heavy atom. The molecule has 12 heavy (non-hydrogen) atoms. The highest BCUT2D eigenvalue weighted by Gasteiger charge is 2.06. The van der Waals surface area contributed by atoms with Gasteiger partial charge in [0.1, 0.15) is 0 Å². The van der Waals surface area contributed by atoms with Crippen LogP contribution in [0.2, 0.25) is 0 Å². The number of thiazole rings is 1. The van der Waals surface area contributed by atoms with Gasteiger partial charge in [0, 0.05) is 24.0 Å².